The van der Waals surface area contributed by atoms with Gasteiger partial charge in [-0.1, -0.05) is 50.1 Å². The zero-order valence-electron chi connectivity index (χ0n) is 33.8. The molecule has 0 spiro atoms. The Kier molecular flexibility index (Phi) is 15.7. The van der Waals surface area contributed by atoms with Gasteiger partial charge in [0.25, 0.3) is 5.91 Å². The summed E-state index contributed by atoms with van der Waals surface area (Å²) in [6, 6.07) is 6.19. The minimum Gasteiger partial charge on any atom is -0.491 e. The first kappa shape index (κ1) is 42.4. The second-order valence-corrected chi connectivity index (χ2v) is 18.4. The van der Waals surface area contributed by atoms with Crippen LogP contribution in [0.2, 0.25) is 0 Å². The number of hydrogen-bond acceptors (Lipinski definition) is 9. The number of benzene rings is 1. The van der Waals surface area contributed by atoms with Gasteiger partial charge in [0.05, 0.1) is 42.7 Å². The van der Waals surface area contributed by atoms with Gasteiger partial charge in [-0.2, -0.15) is 0 Å². The summed E-state index contributed by atoms with van der Waals surface area (Å²) < 4.78 is 38.9. The molecule has 0 aromatic heterocycles. The second kappa shape index (κ2) is 20.4. The van der Waals surface area contributed by atoms with Crippen LogP contribution in [0.25, 0.3) is 0 Å². The van der Waals surface area contributed by atoms with Crippen molar-refractivity contribution in [3.63, 3.8) is 0 Å². The van der Waals surface area contributed by atoms with E-state index >= 15 is 0 Å². The Bertz CT molecular complexity index is 1560. The summed E-state index contributed by atoms with van der Waals surface area (Å²) in [4.78, 5) is 21.5. The highest BCUT2D eigenvalue weighted by Crippen LogP contribution is 2.45. The Morgan fingerprint density at radius 2 is 1.89 bits per heavy atom. The van der Waals surface area contributed by atoms with Crippen LogP contribution >= 0.6 is 11.6 Å². The van der Waals surface area contributed by atoms with Gasteiger partial charge in [-0.3, -0.25) is 19.3 Å². The molecule has 9 unspecified atom stereocenters. The van der Waals surface area contributed by atoms with E-state index in [2.05, 4.69) is 62.3 Å². The number of methoxy groups -OCH3 is 2. The Balaban J connectivity index is 0.00000166. The topological polar surface area (TPSA) is 92.8 Å². The molecular weight excluding hydrogens is 736 g/mol. The second-order valence-electron chi connectivity index (χ2n) is 16.4. The van der Waals surface area contributed by atoms with Crippen LogP contribution in [-0.4, -0.2) is 130 Å². The van der Waals surface area contributed by atoms with E-state index in [1.807, 2.05) is 18.2 Å². The number of rotatable bonds is 7. The summed E-state index contributed by atoms with van der Waals surface area (Å²) in [6.45, 7) is 14.0. The summed E-state index contributed by atoms with van der Waals surface area (Å²) in [7, 11) is 3.27. The van der Waals surface area contributed by atoms with E-state index in [1.165, 1.54) is 24.0 Å². The van der Waals surface area contributed by atoms with E-state index in [0.29, 0.717) is 42.6 Å². The fourth-order valence-electron chi connectivity index (χ4n) is 9.45. The van der Waals surface area contributed by atoms with Crippen LogP contribution < -0.4 is 14.4 Å². The first-order valence-electron chi connectivity index (χ1n) is 20.6. The first-order chi connectivity index (χ1) is 26.7. The van der Waals surface area contributed by atoms with Gasteiger partial charge < -0.3 is 23.8 Å². The molecule has 9 atom stereocenters. The zero-order chi connectivity index (χ0) is 38.9. The van der Waals surface area contributed by atoms with Gasteiger partial charge in [0.1, 0.15) is 16.7 Å². The number of morpholine rings is 1. The van der Waals surface area contributed by atoms with Crippen LogP contribution in [0.15, 0.2) is 53.6 Å². The van der Waals surface area contributed by atoms with Crippen molar-refractivity contribution < 1.29 is 28.0 Å². The fraction of sp³-hybridized carbons (Fsp3) is 0.698. The molecule has 55 heavy (non-hydrogen) atoms. The van der Waals surface area contributed by atoms with Crippen molar-refractivity contribution in [2.75, 3.05) is 98.5 Å². The first-order valence-corrected chi connectivity index (χ1v) is 22.2. The summed E-state index contributed by atoms with van der Waals surface area (Å²) in [6.07, 6.45) is 15.4. The molecule has 2 aliphatic carbocycles. The van der Waals surface area contributed by atoms with Gasteiger partial charge in [0.15, 0.2) is 0 Å². The van der Waals surface area contributed by atoms with Crippen LogP contribution in [-0.2, 0) is 25.2 Å². The van der Waals surface area contributed by atoms with Gasteiger partial charge in [-0.15, -0.1) is 11.6 Å². The molecule has 0 radical (unpaired) electrons. The number of fused-ring (bicyclic) bond motifs is 3. The lowest BCUT2D eigenvalue weighted by molar-refractivity contribution is -0.0492. The Hall–Kier alpha value is -2.25. The predicted octanol–water partition coefficient (Wildman–Crippen LogP) is 6.09. The third kappa shape index (κ3) is 10.6. The van der Waals surface area contributed by atoms with Crippen molar-refractivity contribution in [3.05, 3.63) is 59.2 Å². The SMILES string of the molecule is CCCC1=C(C2COc3ccc4cc3N(C2)CC2CCC2C(CN2CCN3CCOCC3C2)/C=C/CC(C)C(COC)S(=O)NC4=O)C=CC(Cl)C1.COC. The molecule has 10 nitrogen and oxygen atoms in total. The number of halogens is 1. The van der Waals surface area contributed by atoms with Crippen molar-refractivity contribution in [3.8, 4) is 5.75 Å². The van der Waals surface area contributed by atoms with E-state index in [4.69, 9.17) is 25.8 Å². The van der Waals surface area contributed by atoms with E-state index in [0.717, 1.165) is 96.1 Å². The molecule has 12 heteroatoms. The maximum absolute atomic E-state index is 13.7. The number of carbonyl (C=O) groups is 1. The predicted molar refractivity (Wildman–Crippen MR) is 222 cm³/mol. The smallest absolute Gasteiger partial charge is 0.263 e. The molecule has 1 aromatic carbocycles. The third-order valence-electron chi connectivity index (χ3n) is 12.6. The van der Waals surface area contributed by atoms with E-state index in [1.54, 1.807) is 21.3 Å². The quantitative estimate of drug-likeness (QED) is 0.260. The number of allylic oxidation sites excluding steroid dienone is 4. The van der Waals surface area contributed by atoms with Crippen LogP contribution in [0, 0.1) is 29.6 Å². The summed E-state index contributed by atoms with van der Waals surface area (Å²) in [5.41, 5.74) is 4.25. The number of hydrogen-bond donors (Lipinski definition) is 1. The fourth-order valence-corrected chi connectivity index (χ4v) is 10.9. The number of anilines is 1. The Labute approximate surface area is 337 Å². The molecular formula is C43H65ClN4O6S. The van der Waals surface area contributed by atoms with Crippen LogP contribution in [0.1, 0.15) is 62.7 Å². The summed E-state index contributed by atoms with van der Waals surface area (Å²) in [5, 5.41) is -0.298. The van der Waals surface area contributed by atoms with Crippen molar-refractivity contribution in [1.29, 1.82) is 0 Å². The highest BCUT2D eigenvalue weighted by atomic mass is 35.5. The number of ether oxygens (including phenoxy) is 4. The Morgan fingerprint density at radius 1 is 1.05 bits per heavy atom. The molecule has 1 amide bonds. The van der Waals surface area contributed by atoms with Crippen molar-refractivity contribution in [2.24, 2.45) is 29.6 Å². The number of piperazine rings is 1. The van der Waals surface area contributed by atoms with E-state index in [-0.39, 0.29) is 28.4 Å². The van der Waals surface area contributed by atoms with E-state index in [9.17, 15) is 9.00 Å². The highest BCUT2D eigenvalue weighted by Gasteiger charge is 2.41. The monoisotopic (exact) mass is 800 g/mol. The summed E-state index contributed by atoms with van der Waals surface area (Å²) in [5.74, 6) is 2.22. The van der Waals surface area contributed by atoms with Crippen molar-refractivity contribution in [2.45, 2.75) is 69.0 Å². The van der Waals surface area contributed by atoms with Gasteiger partial charge in [0, 0.05) is 84.7 Å². The number of nitrogens with zero attached hydrogens (tertiary/aromatic N) is 3. The van der Waals surface area contributed by atoms with Gasteiger partial charge >= 0.3 is 0 Å². The molecule has 6 aliphatic rings. The molecule has 1 aromatic rings. The molecule has 2 saturated heterocycles. The van der Waals surface area contributed by atoms with Gasteiger partial charge in [-0.05, 0) is 79.5 Å². The minimum atomic E-state index is -1.62. The number of nitrogens with one attached hydrogen (secondary N) is 1. The zero-order valence-corrected chi connectivity index (χ0v) is 35.3. The highest BCUT2D eigenvalue weighted by molar-refractivity contribution is 7.84. The number of amides is 1. The summed E-state index contributed by atoms with van der Waals surface area (Å²) >= 11 is 6.64. The lowest BCUT2D eigenvalue weighted by atomic mass is 9.66. The van der Waals surface area contributed by atoms with Crippen LogP contribution in [0.5, 0.6) is 5.75 Å². The lowest BCUT2D eigenvalue weighted by Gasteiger charge is -2.48. The van der Waals surface area contributed by atoms with Gasteiger partial charge in [0.2, 0.25) is 0 Å². The van der Waals surface area contributed by atoms with Crippen LogP contribution in [0.4, 0.5) is 5.69 Å². The minimum absolute atomic E-state index is 0.0320. The average Bonchev–Trinajstić information content (AvgIpc) is 3.34. The Morgan fingerprint density at radius 3 is 2.65 bits per heavy atom. The maximum atomic E-state index is 13.7. The van der Waals surface area contributed by atoms with Gasteiger partial charge in [-0.25, -0.2) is 4.21 Å². The van der Waals surface area contributed by atoms with E-state index < -0.39 is 11.0 Å². The lowest BCUT2D eigenvalue weighted by Crippen LogP contribution is -2.59. The molecule has 3 fully saturated rings. The molecule has 4 heterocycles. The maximum Gasteiger partial charge on any atom is 0.263 e. The average molecular weight is 802 g/mol. The molecule has 306 valence electrons. The molecule has 4 aliphatic heterocycles. The third-order valence-corrected chi connectivity index (χ3v) is 14.4. The number of carbonyl (C=O) groups excluding carboxylic acids is 1. The molecule has 1 N–H and O–H groups in total. The normalized spacial score (nSPS) is 33.8. The molecule has 2 bridgehead atoms. The van der Waals surface area contributed by atoms with Crippen molar-refractivity contribution in [1.82, 2.24) is 14.5 Å². The van der Waals surface area contributed by atoms with Crippen molar-refractivity contribution >= 4 is 34.2 Å². The largest absolute Gasteiger partial charge is 0.491 e. The standard InChI is InChI=1S/C41H59ClN4O5S.C2H6O/c1-4-6-29-19-34(42)11-13-36(29)33-23-46-22-32-9-12-37(32)31(21-44-15-16-45-17-18-50-26-35(45)24-44)8-5-7-28(2)40(27-49-3)52(48)43-41(47)30-10-14-39(51-25-33)38(46)20-30;1-3-2/h5,8,10-11,13-14,20,28,31-35,37,40H,4,6-7,9,12,15-19,21-27H2,1-3H3,(H,43,47);1-2H3/b8-5+;. The number of alkyl halides is 1. The molecule has 1 saturated carbocycles. The van der Waals surface area contributed by atoms with Crippen LogP contribution in [0.3, 0.4) is 0 Å². The molecule has 7 rings (SSSR count).